The van der Waals surface area contributed by atoms with Gasteiger partial charge in [0.1, 0.15) is 11.6 Å². The van der Waals surface area contributed by atoms with E-state index < -0.39 is 21.0 Å². The number of H-pyrrole nitrogens is 1. The lowest BCUT2D eigenvalue weighted by Crippen LogP contribution is -2.38. The predicted molar refractivity (Wildman–Crippen MR) is 87.2 cm³/mol. The SMILES string of the molecule is CCCS(=O)(=O)[C@@H](C)C(=O)NCc1cccc(-c2ncn[nH]2)c1. The Bertz CT molecular complexity index is 757. The maximum Gasteiger partial charge on any atom is 0.238 e. The van der Waals surface area contributed by atoms with Gasteiger partial charge in [-0.25, -0.2) is 13.4 Å². The van der Waals surface area contributed by atoms with Crippen LogP contribution in [0.5, 0.6) is 0 Å². The Hall–Kier alpha value is -2.22. The van der Waals surface area contributed by atoms with Crippen LogP contribution in [0.25, 0.3) is 11.4 Å². The molecule has 1 heterocycles. The molecule has 1 aromatic heterocycles. The first kappa shape index (κ1) is 17.1. The van der Waals surface area contributed by atoms with Gasteiger partial charge in [-0.1, -0.05) is 25.1 Å². The van der Waals surface area contributed by atoms with Crippen molar-refractivity contribution in [3.8, 4) is 11.4 Å². The molecule has 0 aliphatic heterocycles. The lowest BCUT2D eigenvalue weighted by molar-refractivity contribution is -0.120. The predicted octanol–water partition coefficient (Wildman–Crippen LogP) is 1.30. The summed E-state index contributed by atoms with van der Waals surface area (Å²) in [5.41, 5.74) is 1.70. The van der Waals surface area contributed by atoms with Crippen molar-refractivity contribution in [3.05, 3.63) is 36.2 Å². The van der Waals surface area contributed by atoms with Crippen LogP contribution in [0.15, 0.2) is 30.6 Å². The second kappa shape index (κ2) is 7.36. The van der Waals surface area contributed by atoms with Crippen LogP contribution in [0.1, 0.15) is 25.8 Å². The molecule has 2 N–H and O–H groups in total. The van der Waals surface area contributed by atoms with Crippen molar-refractivity contribution in [2.75, 3.05) is 5.75 Å². The van der Waals surface area contributed by atoms with E-state index in [9.17, 15) is 13.2 Å². The van der Waals surface area contributed by atoms with Gasteiger partial charge in [-0.2, -0.15) is 5.10 Å². The fourth-order valence-corrected chi connectivity index (χ4v) is 3.46. The number of amides is 1. The highest BCUT2D eigenvalue weighted by molar-refractivity contribution is 7.92. The lowest BCUT2D eigenvalue weighted by Gasteiger charge is -2.13. The van der Waals surface area contributed by atoms with Crippen molar-refractivity contribution >= 4 is 15.7 Å². The van der Waals surface area contributed by atoms with E-state index in [2.05, 4.69) is 20.5 Å². The summed E-state index contributed by atoms with van der Waals surface area (Å²) in [6.45, 7) is 3.45. The molecule has 0 bridgehead atoms. The topological polar surface area (TPSA) is 105 Å². The monoisotopic (exact) mass is 336 g/mol. The summed E-state index contributed by atoms with van der Waals surface area (Å²) < 4.78 is 23.8. The van der Waals surface area contributed by atoms with Gasteiger partial charge < -0.3 is 5.32 Å². The molecule has 8 heteroatoms. The summed E-state index contributed by atoms with van der Waals surface area (Å²) in [6.07, 6.45) is 1.92. The third-order valence-corrected chi connectivity index (χ3v) is 5.75. The number of aromatic nitrogens is 3. The number of carbonyl (C=O) groups is 1. The standard InChI is InChI=1S/C15H20N4O3S/c1-3-7-23(21,22)11(2)15(20)16-9-12-5-4-6-13(8-12)14-17-10-18-19-14/h4-6,8,10-11H,3,7,9H2,1-2H3,(H,16,20)(H,17,18,19)/t11-/m0/s1. The average molecular weight is 336 g/mol. The van der Waals surface area contributed by atoms with E-state index in [4.69, 9.17) is 0 Å². The van der Waals surface area contributed by atoms with Gasteiger partial charge in [-0.05, 0) is 25.0 Å². The number of nitrogens with one attached hydrogen (secondary N) is 2. The maximum absolute atomic E-state index is 12.0. The van der Waals surface area contributed by atoms with Crippen LogP contribution in [0.4, 0.5) is 0 Å². The number of aromatic amines is 1. The number of rotatable bonds is 7. The van der Waals surface area contributed by atoms with E-state index in [1.165, 1.54) is 13.3 Å². The Morgan fingerprint density at radius 3 is 2.83 bits per heavy atom. The van der Waals surface area contributed by atoms with Crippen molar-refractivity contribution in [1.29, 1.82) is 0 Å². The van der Waals surface area contributed by atoms with Gasteiger partial charge >= 0.3 is 0 Å². The Balaban J connectivity index is 2.01. The average Bonchev–Trinajstić information content (AvgIpc) is 3.06. The molecule has 0 saturated carbocycles. The third-order valence-electron chi connectivity index (χ3n) is 3.48. The van der Waals surface area contributed by atoms with Gasteiger partial charge in [0.05, 0.1) is 5.75 Å². The van der Waals surface area contributed by atoms with Crippen LogP contribution in [-0.4, -0.2) is 40.5 Å². The van der Waals surface area contributed by atoms with Crippen molar-refractivity contribution in [2.45, 2.75) is 32.1 Å². The lowest BCUT2D eigenvalue weighted by atomic mass is 10.1. The molecule has 0 aliphatic carbocycles. The van der Waals surface area contributed by atoms with Crippen LogP contribution in [0.2, 0.25) is 0 Å². The van der Waals surface area contributed by atoms with Crippen LogP contribution >= 0.6 is 0 Å². The molecule has 2 aromatic rings. The first-order valence-corrected chi connectivity index (χ1v) is 9.09. The third kappa shape index (κ3) is 4.38. The zero-order valence-corrected chi connectivity index (χ0v) is 13.9. The van der Waals surface area contributed by atoms with Crippen molar-refractivity contribution in [1.82, 2.24) is 20.5 Å². The van der Waals surface area contributed by atoms with E-state index in [0.717, 1.165) is 11.1 Å². The van der Waals surface area contributed by atoms with Crippen molar-refractivity contribution < 1.29 is 13.2 Å². The second-order valence-electron chi connectivity index (χ2n) is 5.26. The van der Waals surface area contributed by atoms with Crippen LogP contribution in [0, 0.1) is 0 Å². The highest BCUT2D eigenvalue weighted by Crippen LogP contribution is 2.15. The molecule has 1 aromatic carbocycles. The molecule has 0 radical (unpaired) electrons. The quantitative estimate of drug-likeness (QED) is 0.793. The Morgan fingerprint density at radius 2 is 2.17 bits per heavy atom. The van der Waals surface area contributed by atoms with Gasteiger partial charge in [0.25, 0.3) is 0 Å². The van der Waals surface area contributed by atoms with Gasteiger partial charge in [-0.3, -0.25) is 9.89 Å². The fraction of sp³-hybridized carbons (Fsp3) is 0.400. The minimum absolute atomic E-state index is 0.0164. The summed E-state index contributed by atoms with van der Waals surface area (Å²) in [6, 6.07) is 7.44. The molecule has 2 rings (SSSR count). The first-order valence-electron chi connectivity index (χ1n) is 7.38. The summed E-state index contributed by atoms with van der Waals surface area (Å²) in [4.78, 5) is 16.1. The Kier molecular flexibility index (Phi) is 5.49. The van der Waals surface area contributed by atoms with Gasteiger partial charge in [-0.15, -0.1) is 0 Å². The van der Waals surface area contributed by atoms with E-state index in [0.29, 0.717) is 12.2 Å². The molecule has 7 nitrogen and oxygen atoms in total. The zero-order chi connectivity index (χ0) is 16.9. The van der Waals surface area contributed by atoms with Crippen LogP contribution < -0.4 is 5.32 Å². The molecule has 0 unspecified atom stereocenters. The summed E-state index contributed by atoms with van der Waals surface area (Å²) in [7, 11) is -3.39. The number of hydrogen-bond donors (Lipinski definition) is 2. The summed E-state index contributed by atoms with van der Waals surface area (Å²) >= 11 is 0. The normalized spacial score (nSPS) is 12.8. The Morgan fingerprint density at radius 1 is 1.39 bits per heavy atom. The van der Waals surface area contributed by atoms with E-state index in [1.54, 1.807) is 6.92 Å². The highest BCUT2D eigenvalue weighted by atomic mass is 32.2. The van der Waals surface area contributed by atoms with Crippen molar-refractivity contribution in [3.63, 3.8) is 0 Å². The van der Waals surface area contributed by atoms with Gasteiger partial charge in [0.2, 0.25) is 5.91 Å². The number of nitrogens with zero attached hydrogens (tertiary/aromatic N) is 2. The number of benzene rings is 1. The molecular weight excluding hydrogens is 316 g/mol. The largest absolute Gasteiger partial charge is 0.351 e. The molecule has 0 spiro atoms. The van der Waals surface area contributed by atoms with Gasteiger partial charge in [0, 0.05) is 12.1 Å². The number of sulfone groups is 1. The van der Waals surface area contributed by atoms with Crippen LogP contribution in [0.3, 0.4) is 0 Å². The first-order chi connectivity index (χ1) is 10.9. The molecule has 0 aliphatic rings. The second-order valence-corrected chi connectivity index (χ2v) is 7.70. The Labute approximate surface area is 135 Å². The highest BCUT2D eigenvalue weighted by Gasteiger charge is 2.26. The molecule has 0 saturated heterocycles. The van der Waals surface area contributed by atoms with Crippen molar-refractivity contribution in [2.24, 2.45) is 0 Å². The number of carbonyl (C=O) groups excluding carboxylic acids is 1. The minimum Gasteiger partial charge on any atom is -0.351 e. The molecular formula is C15H20N4O3S. The fourth-order valence-electron chi connectivity index (χ4n) is 2.13. The molecule has 0 fully saturated rings. The summed E-state index contributed by atoms with van der Waals surface area (Å²) in [5.74, 6) is 0.170. The molecule has 124 valence electrons. The molecule has 1 amide bonds. The van der Waals surface area contributed by atoms with E-state index >= 15 is 0 Å². The van der Waals surface area contributed by atoms with Gasteiger partial charge in [0.15, 0.2) is 15.7 Å². The molecule has 23 heavy (non-hydrogen) atoms. The van der Waals surface area contributed by atoms with E-state index in [-0.39, 0.29) is 12.3 Å². The summed E-state index contributed by atoms with van der Waals surface area (Å²) in [5, 5.41) is 8.20. The number of hydrogen-bond acceptors (Lipinski definition) is 5. The molecule has 1 atom stereocenters. The minimum atomic E-state index is -3.39. The smallest absolute Gasteiger partial charge is 0.238 e. The zero-order valence-electron chi connectivity index (χ0n) is 13.1. The van der Waals surface area contributed by atoms with Crippen LogP contribution in [-0.2, 0) is 21.2 Å². The maximum atomic E-state index is 12.0. The van der Waals surface area contributed by atoms with E-state index in [1.807, 2.05) is 24.3 Å².